The van der Waals surface area contributed by atoms with Crippen molar-refractivity contribution in [2.45, 2.75) is 32.4 Å². The van der Waals surface area contributed by atoms with Gasteiger partial charge < -0.3 is 25.0 Å². The van der Waals surface area contributed by atoms with E-state index in [1.165, 1.54) is 0 Å². The van der Waals surface area contributed by atoms with Crippen molar-refractivity contribution in [3.63, 3.8) is 0 Å². The Balaban J connectivity index is 1.56. The normalized spacial score (nSPS) is 21.1. The highest BCUT2D eigenvalue weighted by molar-refractivity contribution is 5.93. The second-order valence-electron chi connectivity index (χ2n) is 9.00. The molecule has 1 amide bonds. The molecule has 0 saturated carbocycles. The van der Waals surface area contributed by atoms with E-state index in [1.807, 2.05) is 24.3 Å². The number of ether oxygens (including phenoxy) is 2. The number of anilines is 2. The lowest BCUT2D eigenvalue weighted by Gasteiger charge is -2.37. The first-order valence-corrected chi connectivity index (χ1v) is 11.7. The zero-order chi connectivity index (χ0) is 23.7. The fraction of sp³-hybridized carbons (Fsp3) is 0.440. The van der Waals surface area contributed by atoms with Crippen LogP contribution in [-0.4, -0.2) is 72.5 Å². The van der Waals surface area contributed by atoms with Crippen LogP contribution >= 0.6 is 0 Å². The van der Waals surface area contributed by atoms with Crippen molar-refractivity contribution in [3.8, 4) is 0 Å². The molecule has 4 heterocycles. The lowest BCUT2D eigenvalue weighted by atomic mass is 10.1. The molecule has 5 rings (SSSR count). The Labute approximate surface area is 198 Å². The monoisotopic (exact) mass is 462 g/mol. The number of amides is 1. The molecule has 0 aliphatic carbocycles. The van der Waals surface area contributed by atoms with E-state index in [9.17, 15) is 4.79 Å². The van der Waals surface area contributed by atoms with E-state index in [0.717, 1.165) is 35.6 Å². The van der Waals surface area contributed by atoms with Crippen molar-refractivity contribution in [3.05, 3.63) is 53.2 Å². The fourth-order valence-corrected chi connectivity index (χ4v) is 4.58. The van der Waals surface area contributed by atoms with Crippen LogP contribution < -0.4 is 15.5 Å². The van der Waals surface area contributed by atoms with E-state index in [4.69, 9.17) is 30.2 Å². The first-order chi connectivity index (χ1) is 16.5. The van der Waals surface area contributed by atoms with E-state index in [-0.39, 0.29) is 12.1 Å². The first-order valence-electron chi connectivity index (χ1n) is 11.7. The van der Waals surface area contributed by atoms with Gasteiger partial charge in [0.2, 0.25) is 11.9 Å². The maximum absolute atomic E-state index is 11.6. The number of nitrogens with zero attached hydrogens (tertiary/aromatic N) is 5. The Hall–Kier alpha value is -3.30. The summed E-state index contributed by atoms with van der Waals surface area (Å²) in [5, 5.41) is 0.924. The maximum Gasteiger partial charge on any atom is 0.248 e. The molecule has 0 radical (unpaired) electrons. The van der Waals surface area contributed by atoms with Gasteiger partial charge in [-0.15, -0.1) is 0 Å². The first kappa shape index (κ1) is 22.5. The molecule has 9 heteroatoms. The summed E-state index contributed by atoms with van der Waals surface area (Å²) < 4.78 is 11.3. The predicted octanol–water partition coefficient (Wildman–Crippen LogP) is 2.16. The van der Waals surface area contributed by atoms with Crippen molar-refractivity contribution in [2.24, 2.45) is 5.73 Å². The second-order valence-corrected chi connectivity index (χ2v) is 9.00. The van der Waals surface area contributed by atoms with Crippen molar-refractivity contribution in [1.82, 2.24) is 15.0 Å². The number of morpholine rings is 2. The summed E-state index contributed by atoms with van der Waals surface area (Å²) >= 11 is 0. The van der Waals surface area contributed by atoms with E-state index in [0.29, 0.717) is 50.0 Å². The van der Waals surface area contributed by atoms with Gasteiger partial charge in [-0.05, 0) is 43.7 Å². The molecule has 2 N–H and O–H groups in total. The molecule has 3 aromatic rings. The van der Waals surface area contributed by atoms with Crippen molar-refractivity contribution < 1.29 is 14.3 Å². The number of nitrogens with two attached hydrogens (primary N) is 1. The number of primary amides is 1. The number of carbonyl (C=O) groups is 1. The Morgan fingerprint density at radius 3 is 2.44 bits per heavy atom. The number of carbonyl (C=O) groups excluding carboxylic acids is 1. The highest BCUT2D eigenvalue weighted by Crippen LogP contribution is 2.30. The molecule has 2 fully saturated rings. The molecule has 2 saturated heterocycles. The molecular formula is C25H30N6O3. The van der Waals surface area contributed by atoms with Crippen LogP contribution in [0.4, 0.5) is 11.8 Å². The summed E-state index contributed by atoms with van der Waals surface area (Å²) in [6, 6.07) is 11.8. The van der Waals surface area contributed by atoms with Gasteiger partial charge in [-0.3, -0.25) is 4.79 Å². The van der Waals surface area contributed by atoms with Crippen LogP contribution in [0.5, 0.6) is 0 Å². The van der Waals surface area contributed by atoms with Crippen molar-refractivity contribution in [1.29, 1.82) is 0 Å². The topological polar surface area (TPSA) is 107 Å². The van der Waals surface area contributed by atoms with Crippen LogP contribution in [-0.2, 0) is 15.9 Å². The molecule has 2 unspecified atom stereocenters. The zero-order valence-electron chi connectivity index (χ0n) is 19.6. The molecule has 1 aromatic carbocycles. The number of rotatable bonds is 5. The number of hydrogen-bond donors (Lipinski definition) is 1. The van der Waals surface area contributed by atoms with Gasteiger partial charge in [-0.2, -0.15) is 9.97 Å². The minimum Gasteiger partial charge on any atom is -0.377 e. The van der Waals surface area contributed by atoms with E-state index in [1.54, 1.807) is 6.07 Å². The second kappa shape index (κ2) is 9.52. The summed E-state index contributed by atoms with van der Waals surface area (Å²) in [5.74, 6) is 1.14. The minimum absolute atomic E-state index is 0.181. The Morgan fingerprint density at radius 1 is 1.00 bits per heavy atom. The molecular weight excluding hydrogens is 432 g/mol. The fourth-order valence-electron chi connectivity index (χ4n) is 4.58. The van der Waals surface area contributed by atoms with Gasteiger partial charge in [0, 0.05) is 30.8 Å². The van der Waals surface area contributed by atoms with Crippen molar-refractivity contribution in [2.75, 3.05) is 49.3 Å². The molecule has 2 atom stereocenters. The average Bonchev–Trinajstić information content (AvgIpc) is 2.84. The van der Waals surface area contributed by atoms with Gasteiger partial charge >= 0.3 is 0 Å². The quantitative estimate of drug-likeness (QED) is 0.615. The van der Waals surface area contributed by atoms with E-state index < -0.39 is 5.91 Å². The van der Waals surface area contributed by atoms with Gasteiger partial charge in [0.15, 0.2) is 5.65 Å². The Bertz CT molecular complexity index is 1200. The van der Waals surface area contributed by atoms with E-state index >= 15 is 0 Å². The third-order valence-corrected chi connectivity index (χ3v) is 6.45. The lowest BCUT2D eigenvalue weighted by Crippen LogP contribution is -2.46. The Kier molecular flexibility index (Phi) is 6.30. The number of hydrogen-bond acceptors (Lipinski definition) is 8. The van der Waals surface area contributed by atoms with Crippen LogP contribution in [0.25, 0.3) is 11.0 Å². The summed E-state index contributed by atoms with van der Waals surface area (Å²) in [6.07, 6.45) is 0.577. The highest BCUT2D eigenvalue weighted by atomic mass is 16.5. The standard InChI is InChI=1S/C25H30N6O3/c1-16-14-33-10-8-30(16)24-21-7-6-20(13-18-4-3-5-19(12-18)22(26)32)27-23(21)28-25(29-24)31-9-11-34-15-17(31)2/h3-7,12,16-17H,8-11,13-15H2,1-2H3,(H2,26,32). The average molecular weight is 463 g/mol. The molecule has 0 bridgehead atoms. The SMILES string of the molecule is CC1COCCN1c1nc(N2CCOCC2C)c2ccc(Cc3cccc(C(N)=O)c3)nc2n1. The van der Waals surface area contributed by atoms with Gasteiger partial charge in [-0.1, -0.05) is 12.1 Å². The molecule has 9 nitrogen and oxygen atoms in total. The van der Waals surface area contributed by atoms with Crippen LogP contribution in [0, 0.1) is 0 Å². The predicted molar refractivity (Wildman–Crippen MR) is 130 cm³/mol. The van der Waals surface area contributed by atoms with Crippen LogP contribution in [0.15, 0.2) is 36.4 Å². The molecule has 34 heavy (non-hydrogen) atoms. The number of pyridine rings is 1. The largest absolute Gasteiger partial charge is 0.377 e. The summed E-state index contributed by atoms with van der Waals surface area (Å²) in [6.45, 7) is 8.42. The molecule has 178 valence electrons. The molecule has 2 aromatic heterocycles. The van der Waals surface area contributed by atoms with Gasteiger partial charge in [-0.25, -0.2) is 4.98 Å². The molecule has 0 spiro atoms. The van der Waals surface area contributed by atoms with Gasteiger partial charge in [0.25, 0.3) is 0 Å². The smallest absolute Gasteiger partial charge is 0.248 e. The zero-order valence-corrected chi connectivity index (χ0v) is 19.6. The van der Waals surface area contributed by atoms with Gasteiger partial charge in [0.05, 0.1) is 43.9 Å². The van der Waals surface area contributed by atoms with E-state index in [2.05, 4.69) is 29.7 Å². The van der Waals surface area contributed by atoms with Crippen LogP contribution in [0.3, 0.4) is 0 Å². The van der Waals surface area contributed by atoms with Crippen LogP contribution in [0.2, 0.25) is 0 Å². The summed E-state index contributed by atoms with van der Waals surface area (Å²) in [4.78, 5) is 30.9. The minimum atomic E-state index is -0.436. The lowest BCUT2D eigenvalue weighted by molar-refractivity contribution is 0.0973. The molecule has 2 aliphatic heterocycles. The maximum atomic E-state index is 11.6. The van der Waals surface area contributed by atoms with Crippen molar-refractivity contribution >= 4 is 28.7 Å². The number of benzene rings is 1. The van der Waals surface area contributed by atoms with Gasteiger partial charge in [0.1, 0.15) is 5.82 Å². The Morgan fingerprint density at radius 2 is 1.74 bits per heavy atom. The number of aromatic nitrogens is 3. The summed E-state index contributed by atoms with van der Waals surface area (Å²) in [7, 11) is 0. The third kappa shape index (κ3) is 4.53. The summed E-state index contributed by atoms with van der Waals surface area (Å²) in [5.41, 5.74) is 8.45. The number of fused-ring (bicyclic) bond motifs is 1. The van der Waals surface area contributed by atoms with Crippen LogP contribution in [0.1, 0.15) is 35.5 Å². The third-order valence-electron chi connectivity index (χ3n) is 6.45. The molecule has 2 aliphatic rings. The highest BCUT2D eigenvalue weighted by Gasteiger charge is 2.27.